The molecule has 0 aliphatic heterocycles. The third kappa shape index (κ3) is 2.36. The molecule has 1 saturated carbocycles. The van der Waals surface area contributed by atoms with Crippen molar-refractivity contribution in [3.8, 4) is 11.4 Å². The number of aromatic nitrogens is 4. The molecular weight excluding hydrogens is 286 g/mol. The molecule has 0 saturated heterocycles. The van der Waals surface area contributed by atoms with Crippen molar-refractivity contribution in [2.45, 2.75) is 38.5 Å². The number of benzene rings is 1. The molecule has 3 aromatic rings. The van der Waals surface area contributed by atoms with E-state index in [1.165, 1.54) is 31.2 Å². The van der Waals surface area contributed by atoms with Gasteiger partial charge in [0.2, 0.25) is 5.95 Å². The fourth-order valence-electron chi connectivity index (χ4n) is 3.63. The number of imidazole rings is 1. The van der Waals surface area contributed by atoms with Gasteiger partial charge in [0.05, 0.1) is 5.69 Å². The molecule has 1 fully saturated rings. The van der Waals surface area contributed by atoms with Crippen LogP contribution in [0.1, 0.15) is 42.9 Å². The van der Waals surface area contributed by atoms with E-state index in [2.05, 4.69) is 41.2 Å². The quantitative estimate of drug-likeness (QED) is 0.785. The van der Waals surface area contributed by atoms with Crippen molar-refractivity contribution in [3.05, 3.63) is 35.5 Å². The van der Waals surface area contributed by atoms with Crippen LogP contribution >= 0.6 is 0 Å². The first kappa shape index (κ1) is 14.2. The number of rotatable bonds is 2. The number of hydrogen-bond acceptors (Lipinski definition) is 4. The van der Waals surface area contributed by atoms with E-state index in [-0.39, 0.29) is 0 Å². The second kappa shape index (κ2) is 5.33. The highest BCUT2D eigenvalue weighted by Gasteiger charge is 2.25. The summed E-state index contributed by atoms with van der Waals surface area (Å²) in [5, 5.41) is 0. The highest BCUT2D eigenvalue weighted by atomic mass is 15.2. The Morgan fingerprint density at radius 2 is 1.91 bits per heavy atom. The molecule has 2 aromatic heterocycles. The molecule has 1 aliphatic rings. The summed E-state index contributed by atoms with van der Waals surface area (Å²) in [5.74, 6) is 1.73. The molecule has 23 heavy (non-hydrogen) atoms. The van der Waals surface area contributed by atoms with Crippen molar-refractivity contribution in [3.63, 3.8) is 0 Å². The highest BCUT2D eigenvalue weighted by Crippen LogP contribution is 2.37. The Labute approximate surface area is 135 Å². The van der Waals surface area contributed by atoms with E-state index in [1.807, 2.05) is 11.6 Å². The summed E-state index contributed by atoms with van der Waals surface area (Å²) in [6.07, 6.45) is 4.85. The fourth-order valence-corrected chi connectivity index (χ4v) is 3.63. The molecule has 0 amide bonds. The van der Waals surface area contributed by atoms with E-state index >= 15 is 0 Å². The standard InChI is InChI=1S/C18H21N5/c1-11-6-5-9-13(10-11)16-20-15-14(12-7-3-4-8-12)21-18(19)22-17(15)23(16)2/h5-6,9-10,12H,3-4,7-8H2,1-2H3,(H2,19,21,22). The minimum absolute atomic E-state index is 0.346. The first-order valence-electron chi connectivity index (χ1n) is 8.20. The zero-order valence-corrected chi connectivity index (χ0v) is 13.6. The maximum atomic E-state index is 5.97. The lowest BCUT2D eigenvalue weighted by molar-refractivity contribution is 0.702. The number of nitrogens with two attached hydrogens (primary N) is 1. The van der Waals surface area contributed by atoms with Crippen LogP contribution in [0.25, 0.3) is 22.6 Å². The summed E-state index contributed by atoms with van der Waals surface area (Å²) in [6.45, 7) is 2.09. The van der Waals surface area contributed by atoms with Crippen molar-refractivity contribution < 1.29 is 0 Å². The van der Waals surface area contributed by atoms with Gasteiger partial charge in [0.15, 0.2) is 5.65 Å². The van der Waals surface area contributed by atoms with Crippen LogP contribution in [-0.4, -0.2) is 19.5 Å². The molecule has 5 nitrogen and oxygen atoms in total. The van der Waals surface area contributed by atoms with Crippen molar-refractivity contribution in [1.82, 2.24) is 19.5 Å². The lowest BCUT2D eigenvalue weighted by Gasteiger charge is -2.09. The van der Waals surface area contributed by atoms with Gasteiger partial charge in [-0.3, -0.25) is 0 Å². The van der Waals surface area contributed by atoms with Crippen LogP contribution in [0.5, 0.6) is 0 Å². The molecular formula is C18H21N5. The fraction of sp³-hybridized carbons (Fsp3) is 0.389. The van der Waals surface area contributed by atoms with Crippen LogP contribution in [-0.2, 0) is 7.05 Å². The van der Waals surface area contributed by atoms with Gasteiger partial charge in [0, 0.05) is 18.5 Å². The molecule has 0 radical (unpaired) electrons. The molecule has 1 aromatic carbocycles. The summed E-state index contributed by atoms with van der Waals surface area (Å²) in [5.41, 5.74) is 11.1. The van der Waals surface area contributed by atoms with Gasteiger partial charge in [-0.25, -0.2) is 9.97 Å². The summed E-state index contributed by atoms with van der Waals surface area (Å²) in [6, 6.07) is 8.38. The molecule has 0 atom stereocenters. The minimum atomic E-state index is 0.346. The Balaban J connectivity index is 1.94. The summed E-state index contributed by atoms with van der Waals surface area (Å²) >= 11 is 0. The Bertz CT molecular complexity index is 874. The zero-order valence-electron chi connectivity index (χ0n) is 13.6. The normalized spacial score (nSPS) is 15.6. The third-order valence-corrected chi connectivity index (χ3v) is 4.78. The molecule has 4 rings (SSSR count). The molecule has 118 valence electrons. The van der Waals surface area contributed by atoms with Crippen molar-refractivity contribution in [1.29, 1.82) is 0 Å². The molecule has 0 bridgehead atoms. The second-order valence-corrected chi connectivity index (χ2v) is 6.48. The average Bonchev–Trinajstić information content (AvgIpc) is 3.16. The summed E-state index contributed by atoms with van der Waals surface area (Å²) < 4.78 is 2.03. The van der Waals surface area contributed by atoms with Crippen LogP contribution in [0.3, 0.4) is 0 Å². The summed E-state index contributed by atoms with van der Waals surface area (Å²) in [4.78, 5) is 13.9. The Kier molecular flexibility index (Phi) is 3.29. The Hall–Kier alpha value is -2.43. The second-order valence-electron chi connectivity index (χ2n) is 6.48. The predicted molar refractivity (Wildman–Crippen MR) is 92.1 cm³/mol. The molecule has 2 heterocycles. The van der Waals surface area contributed by atoms with Gasteiger partial charge in [-0.05, 0) is 25.8 Å². The van der Waals surface area contributed by atoms with Gasteiger partial charge < -0.3 is 10.3 Å². The third-order valence-electron chi connectivity index (χ3n) is 4.78. The zero-order chi connectivity index (χ0) is 16.0. The average molecular weight is 307 g/mol. The number of nitrogen functional groups attached to an aromatic ring is 1. The van der Waals surface area contributed by atoms with Crippen molar-refractivity contribution in [2.24, 2.45) is 7.05 Å². The first-order valence-corrected chi connectivity index (χ1v) is 8.20. The SMILES string of the molecule is Cc1cccc(-c2nc3c(C4CCCC4)nc(N)nc3n2C)c1. The number of anilines is 1. The Morgan fingerprint density at radius 3 is 2.65 bits per heavy atom. The van der Waals surface area contributed by atoms with Gasteiger partial charge in [-0.15, -0.1) is 0 Å². The van der Waals surface area contributed by atoms with Crippen LogP contribution < -0.4 is 5.73 Å². The van der Waals surface area contributed by atoms with E-state index in [9.17, 15) is 0 Å². The van der Waals surface area contributed by atoms with Gasteiger partial charge in [-0.2, -0.15) is 4.98 Å². The van der Waals surface area contributed by atoms with E-state index in [1.54, 1.807) is 0 Å². The summed E-state index contributed by atoms with van der Waals surface area (Å²) in [7, 11) is 2.00. The smallest absolute Gasteiger partial charge is 0.222 e. The van der Waals surface area contributed by atoms with Crippen LogP contribution in [0, 0.1) is 6.92 Å². The van der Waals surface area contributed by atoms with E-state index in [0.29, 0.717) is 11.9 Å². The maximum Gasteiger partial charge on any atom is 0.222 e. The Morgan fingerprint density at radius 1 is 1.13 bits per heavy atom. The van der Waals surface area contributed by atoms with Gasteiger partial charge >= 0.3 is 0 Å². The lowest BCUT2D eigenvalue weighted by atomic mass is 10.0. The predicted octanol–water partition coefficient (Wildman–Crippen LogP) is 3.58. The van der Waals surface area contributed by atoms with E-state index < -0.39 is 0 Å². The maximum absolute atomic E-state index is 5.97. The highest BCUT2D eigenvalue weighted by molar-refractivity contribution is 5.80. The van der Waals surface area contributed by atoms with Crippen LogP contribution in [0.4, 0.5) is 5.95 Å². The van der Waals surface area contributed by atoms with Gasteiger partial charge in [0.1, 0.15) is 11.3 Å². The number of fused-ring (bicyclic) bond motifs is 1. The molecule has 0 unspecified atom stereocenters. The van der Waals surface area contributed by atoms with Crippen LogP contribution in [0.15, 0.2) is 24.3 Å². The first-order chi connectivity index (χ1) is 11.1. The van der Waals surface area contributed by atoms with E-state index in [4.69, 9.17) is 10.7 Å². The van der Waals surface area contributed by atoms with Crippen molar-refractivity contribution >= 4 is 17.1 Å². The number of aryl methyl sites for hydroxylation is 2. The topological polar surface area (TPSA) is 69.6 Å². The van der Waals surface area contributed by atoms with Crippen molar-refractivity contribution in [2.75, 3.05) is 5.73 Å². The molecule has 1 aliphatic carbocycles. The lowest BCUT2D eigenvalue weighted by Crippen LogP contribution is -2.05. The number of hydrogen-bond donors (Lipinski definition) is 1. The molecule has 5 heteroatoms. The largest absolute Gasteiger partial charge is 0.368 e. The molecule has 2 N–H and O–H groups in total. The monoisotopic (exact) mass is 307 g/mol. The van der Waals surface area contributed by atoms with Gasteiger partial charge in [-0.1, -0.05) is 36.6 Å². The minimum Gasteiger partial charge on any atom is -0.368 e. The molecule has 0 spiro atoms. The van der Waals surface area contributed by atoms with Gasteiger partial charge in [0.25, 0.3) is 0 Å². The van der Waals surface area contributed by atoms with E-state index in [0.717, 1.165) is 28.2 Å². The number of nitrogens with zero attached hydrogens (tertiary/aromatic N) is 4. The van der Waals surface area contributed by atoms with Crippen LogP contribution in [0.2, 0.25) is 0 Å².